The Morgan fingerprint density at radius 1 is 1.17 bits per heavy atom. The quantitative estimate of drug-likeness (QED) is 0.461. The van der Waals surface area contributed by atoms with E-state index in [0.29, 0.717) is 36.0 Å². The number of halogens is 1. The standard InChI is InChI=1S/C29H32FN3O3/c1-36-27-3-2-21(30)15-24(27)23-4-7-31-29-25(23)16-26(32-29)18-5-8-33(9-6-18)22-13-19-10-17(12-28(34)35)11-20(19)14-22/h2-5,7,15-17,19-20,22H,6,8-14H2,1H3,(H,31,32)(H,34,35)/t17?,19-,20+,22?. The molecule has 1 aliphatic heterocycles. The molecule has 0 bridgehead atoms. The molecule has 2 aromatic heterocycles. The average molecular weight is 490 g/mol. The first-order valence-corrected chi connectivity index (χ1v) is 13.0. The van der Waals surface area contributed by atoms with Gasteiger partial charge in [0.2, 0.25) is 0 Å². The number of carboxylic acid groups (broad SMARTS) is 1. The molecule has 0 amide bonds. The molecule has 1 aromatic carbocycles. The molecule has 36 heavy (non-hydrogen) atoms. The fraction of sp³-hybridized carbons (Fsp3) is 0.448. The van der Waals surface area contributed by atoms with Crippen molar-refractivity contribution in [1.29, 1.82) is 0 Å². The average Bonchev–Trinajstić information content (AvgIpc) is 3.56. The third kappa shape index (κ3) is 4.30. The summed E-state index contributed by atoms with van der Waals surface area (Å²) in [5.74, 6) is 1.45. The molecule has 4 atom stereocenters. The highest BCUT2D eigenvalue weighted by molar-refractivity contribution is 5.96. The zero-order valence-corrected chi connectivity index (χ0v) is 20.5. The molecule has 6 rings (SSSR count). The lowest BCUT2D eigenvalue weighted by Gasteiger charge is -2.32. The van der Waals surface area contributed by atoms with Gasteiger partial charge in [-0.3, -0.25) is 9.69 Å². The van der Waals surface area contributed by atoms with Gasteiger partial charge in [-0.15, -0.1) is 0 Å². The van der Waals surface area contributed by atoms with Crippen molar-refractivity contribution in [2.45, 2.75) is 44.6 Å². The van der Waals surface area contributed by atoms with E-state index in [2.05, 4.69) is 27.0 Å². The lowest BCUT2D eigenvalue weighted by Crippen LogP contribution is -2.37. The van der Waals surface area contributed by atoms with Crippen LogP contribution in [0.15, 0.2) is 42.6 Å². The van der Waals surface area contributed by atoms with Gasteiger partial charge < -0.3 is 14.8 Å². The van der Waals surface area contributed by atoms with Crippen molar-refractivity contribution in [3.05, 3.63) is 54.1 Å². The second kappa shape index (κ2) is 9.36. The number of methoxy groups -OCH3 is 1. The van der Waals surface area contributed by atoms with Crippen LogP contribution in [-0.4, -0.2) is 52.2 Å². The highest BCUT2D eigenvalue weighted by Crippen LogP contribution is 2.49. The Balaban J connectivity index is 1.18. The van der Waals surface area contributed by atoms with Crippen LogP contribution in [0.25, 0.3) is 27.7 Å². The first kappa shape index (κ1) is 23.2. The lowest BCUT2D eigenvalue weighted by molar-refractivity contribution is -0.138. The first-order valence-electron chi connectivity index (χ1n) is 13.0. The van der Waals surface area contributed by atoms with Gasteiger partial charge in [0.15, 0.2) is 0 Å². The van der Waals surface area contributed by atoms with Gasteiger partial charge in [-0.25, -0.2) is 9.37 Å². The van der Waals surface area contributed by atoms with E-state index < -0.39 is 5.97 Å². The summed E-state index contributed by atoms with van der Waals surface area (Å²) >= 11 is 0. The van der Waals surface area contributed by atoms with Gasteiger partial charge in [-0.2, -0.15) is 0 Å². The van der Waals surface area contributed by atoms with Crippen molar-refractivity contribution in [2.24, 2.45) is 17.8 Å². The molecule has 7 heteroatoms. The van der Waals surface area contributed by atoms with E-state index in [1.54, 1.807) is 19.4 Å². The number of rotatable bonds is 6. The van der Waals surface area contributed by atoms with Crippen LogP contribution in [0.2, 0.25) is 0 Å². The number of benzene rings is 1. The topological polar surface area (TPSA) is 78.5 Å². The number of aliphatic carboxylic acids is 1. The predicted octanol–water partition coefficient (Wildman–Crippen LogP) is 5.75. The van der Waals surface area contributed by atoms with Crippen LogP contribution >= 0.6 is 0 Å². The maximum absolute atomic E-state index is 14.1. The van der Waals surface area contributed by atoms with E-state index in [0.717, 1.165) is 60.2 Å². The Morgan fingerprint density at radius 2 is 1.97 bits per heavy atom. The fourth-order valence-electron chi connectivity index (χ4n) is 7.01. The van der Waals surface area contributed by atoms with Crippen molar-refractivity contribution in [1.82, 2.24) is 14.9 Å². The van der Waals surface area contributed by atoms with E-state index in [4.69, 9.17) is 9.84 Å². The summed E-state index contributed by atoms with van der Waals surface area (Å²) in [5.41, 5.74) is 4.77. The Bertz CT molecular complexity index is 1320. The molecule has 0 radical (unpaired) electrons. The molecule has 188 valence electrons. The molecule has 3 heterocycles. The molecule has 2 aliphatic carbocycles. The zero-order chi connectivity index (χ0) is 24.8. The molecule has 2 fully saturated rings. The fourth-order valence-corrected chi connectivity index (χ4v) is 7.01. The summed E-state index contributed by atoms with van der Waals surface area (Å²) in [7, 11) is 1.60. The van der Waals surface area contributed by atoms with Crippen molar-refractivity contribution >= 4 is 22.6 Å². The highest BCUT2D eigenvalue weighted by Gasteiger charge is 2.43. The van der Waals surface area contributed by atoms with E-state index in [-0.39, 0.29) is 5.82 Å². The minimum Gasteiger partial charge on any atom is -0.496 e. The summed E-state index contributed by atoms with van der Waals surface area (Å²) in [6.07, 6.45) is 9.97. The molecular formula is C29H32FN3O3. The highest BCUT2D eigenvalue weighted by atomic mass is 19.1. The molecule has 2 saturated carbocycles. The van der Waals surface area contributed by atoms with Gasteiger partial charge in [-0.05, 0) is 91.3 Å². The van der Waals surface area contributed by atoms with Crippen LogP contribution in [0, 0.1) is 23.6 Å². The second-order valence-electron chi connectivity index (χ2n) is 10.7. The molecule has 2 N–H and O–H groups in total. The molecular weight excluding hydrogens is 457 g/mol. The van der Waals surface area contributed by atoms with E-state index in [1.807, 2.05) is 6.07 Å². The number of hydrogen-bond acceptors (Lipinski definition) is 4. The van der Waals surface area contributed by atoms with Gasteiger partial charge in [0.05, 0.1) is 7.11 Å². The molecule has 6 nitrogen and oxygen atoms in total. The summed E-state index contributed by atoms with van der Waals surface area (Å²) in [4.78, 5) is 21.7. The van der Waals surface area contributed by atoms with Crippen molar-refractivity contribution in [2.75, 3.05) is 20.2 Å². The largest absolute Gasteiger partial charge is 0.496 e. The second-order valence-corrected chi connectivity index (χ2v) is 10.7. The Kier molecular flexibility index (Phi) is 6.04. The predicted molar refractivity (Wildman–Crippen MR) is 137 cm³/mol. The summed E-state index contributed by atoms with van der Waals surface area (Å²) in [5, 5.41) is 10.1. The lowest BCUT2D eigenvalue weighted by atomic mass is 9.97. The Morgan fingerprint density at radius 3 is 2.67 bits per heavy atom. The van der Waals surface area contributed by atoms with Crippen LogP contribution in [0.4, 0.5) is 4.39 Å². The third-order valence-corrected chi connectivity index (χ3v) is 8.64. The molecule has 0 saturated heterocycles. The minimum absolute atomic E-state index is 0.296. The van der Waals surface area contributed by atoms with Crippen molar-refractivity contribution < 1.29 is 19.0 Å². The summed E-state index contributed by atoms with van der Waals surface area (Å²) < 4.78 is 19.6. The van der Waals surface area contributed by atoms with Crippen LogP contribution < -0.4 is 4.74 Å². The number of hydrogen-bond donors (Lipinski definition) is 2. The third-order valence-electron chi connectivity index (χ3n) is 8.64. The number of aromatic amines is 1. The van der Waals surface area contributed by atoms with E-state index in [9.17, 15) is 9.18 Å². The van der Waals surface area contributed by atoms with Crippen molar-refractivity contribution in [3.8, 4) is 16.9 Å². The van der Waals surface area contributed by atoms with Crippen LogP contribution in [0.1, 0.15) is 44.2 Å². The number of ether oxygens (including phenoxy) is 1. The number of nitrogens with one attached hydrogen (secondary N) is 1. The normalized spacial score (nSPS) is 26.2. The number of nitrogens with zero attached hydrogens (tertiary/aromatic N) is 2. The molecule has 3 aromatic rings. The maximum Gasteiger partial charge on any atom is 0.303 e. The smallest absolute Gasteiger partial charge is 0.303 e. The zero-order valence-electron chi connectivity index (χ0n) is 20.5. The maximum atomic E-state index is 14.1. The van der Waals surface area contributed by atoms with Crippen LogP contribution in [0.5, 0.6) is 5.75 Å². The van der Waals surface area contributed by atoms with Crippen molar-refractivity contribution in [3.63, 3.8) is 0 Å². The summed E-state index contributed by atoms with van der Waals surface area (Å²) in [6.45, 7) is 1.97. The minimum atomic E-state index is -0.653. The Hall–Kier alpha value is -3.19. The van der Waals surface area contributed by atoms with Gasteiger partial charge in [-0.1, -0.05) is 6.08 Å². The summed E-state index contributed by atoms with van der Waals surface area (Å²) in [6, 6.07) is 9.23. The molecule has 3 aliphatic rings. The number of pyridine rings is 1. The number of carboxylic acids is 1. The number of fused-ring (bicyclic) bond motifs is 2. The number of H-pyrrole nitrogens is 1. The first-order chi connectivity index (χ1) is 17.5. The van der Waals surface area contributed by atoms with Gasteiger partial charge >= 0.3 is 5.97 Å². The molecule has 0 spiro atoms. The van der Waals surface area contributed by atoms with Crippen LogP contribution in [0.3, 0.4) is 0 Å². The monoisotopic (exact) mass is 489 g/mol. The van der Waals surface area contributed by atoms with Gasteiger partial charge in [0, 0.05) is 48.4 Å². The number of carbonyl (C=O) groups is 1. The van der Waals surface area contributed by atoms with Gasteiger partial charge in [0.1, 0.15) is 17.2 Å². The molecule has 2 unspecified atom stereocenters. The van der Waals surface area contributed by atoms with E-state index >= 15 is 0 Å². The Labute approximate surface area is 210 Å². The number of aromatic nitrogens is 2. The SMILES string of the molecule is COc1ccc(F)cc1-c1ccnc2[nH]c(C3=CCN(C4C[C@H]5CC(CC(=O)O)C[C@H]5C4)CC3)cc12. The van der Waals surface area contributed by atoms with Crippen LogP contribution in [-0.2, 0) is 4.79 Å². The van der Waals surface area contributed by atoms with Gasteiger partial charge in [0.25, 0.3) is 0 Å². The van der Waals surface area contributed by atoms with E-state index in [1.165, 1.54) is 30.5 Å².